The molecule has 2 fully saturated rings. The van der Waals surface area contributed by atoms with Crippen LogP contribution >= 0.6 is 0 Å². The molecule has 9 heteroatoms. The van der Waals surface area contributed by atoms with Gasteiger partial charge >= 0.3 is 0 Å². The minimum atomic E-state index is -3.75. The van der Waals surface area contributed by atoms with Gasteiger partial charge in [-0.2, -0.15) is 4.31 Å². The van der Waals surface area contributed by atoms with Crippen LogP contribution in [0.5, 0.6) is 0 Å². The molecule has 2 aliphatic rings. The van der Waals surface area contributed by atoms with Crippen LogP contribution in [0.25, 0.3) is 0 Å². The molecule has 2 aromatic carbocycles. The minimum absolute atomic E-state index is 0.0324. The Labute approximate surface area is 187 Å². The molecular weight excluding hydrogens is 436 g/mol. The zero-order valence-corrected chi connectivity index (χ0v) is 18.6. The number of anilines is 2. The highest BCUT2D eigenvalue weighted by Crippen LogP contribution is 2.30. The molecule has 0 aliphatic carbocycles. The standard InChI is InChI=1S/C23H27F2N3O3S/c24-17-7-9-20(25)21(15-17)26-23(29)19-16-18(32(30,31)28-13-5-2-6-14-28)8-10-22(19)27-11-3-1-4-12-27/h7-10,15-16H,1-6,11-14H2,(H,26,29). The van der Waals surface area contributed by atoms with Crippen molar-refractivity contribution in [1.82, 2.24) is 4.31 Å². The highest BCUT2D eigenvalue weighted by Gasteiger charge is 2.28. The van der Waals surface area contributed by atoms with E-state index in [-0.39, 0.29) is 16.1 Å². The van der Waals surface area contributed by atoms with Crippen molar-refractivity contribution < 1.29 is 22.0 Å². The number of amides is 1. The van der Waals surface area contributed by atoms with Gasteiger partial charge in [0.2, 0.25) is 10.0 Å². The van der Waals surface area contributed by atoms with Crippen molar-refractivity contribution in [2.75, 3.05) is 36.4 Å². The maximum Gasteiger partial charge on any atom is 0.257 e. The van der Waals surface area contributed by atoms with E-state index in [0.29, 0.717) is 18.8 Å². The first-order valence-electron chi connectivity index (χ1n) is 11.0. The Morgan fingerprint density at radius 1 is 0.844 bits per heavy atom. The molecule has 2 aromatic rings. The van der Waals surface area contributed by atoms with Crippen molar-refractivity contribution in [2.24, 2.45) is 0 Å². The molecule has 0 spiro atoms. The summed E-state index contributed by atoms with van der Waals surface area (Å²) in [4.78, 5) is 15.2. The smallest absolute Gasteiger partial charge is 0.257 e. The van der Waals surface area contributed by atoms with E-state index in [2.05, 4.69) is 5.32 Å². The van der Waals surface area contributed by atoms with E-state index in [9.17, 15) is 22.0 Å². The van der Waals surface area contributed by atoms with Gasteiger partial charge in [0.15, 0.2) is 0 Å². The SMILES string of the molecule is O=C(Nc1cc(F)ccc1F)c1cc(S(=O)(=O)N2CCCCC2)ccc1N1CCCCC1. The molecule has 0 aromatic heterocycles. The van der Waals surface area contributed by atoms with Gasteiger partial charge in [-0.15, -0.1) is 0 Å². The van der Waals surface area contributed by atoms with Gasteiger partial charge in [-0.1, -0.05) is 6.42 Å². The van der Waals surface area contributed by atoms with Gasteiger partial charge in [0.25, 0.3) is 5.91 Å². The van der Waals surface area contributed by atoms with E-state index in [1.54, 1.807) is 6.07 Å². The summed E-state index contributed by atoms with van der Waals surface area (Å²) in [6, 6.07) is 7.36. The van der Waals surface area contributed by atoms with Crippen molar-refractivity contribution in [1.29, 1.82) is 0 Å². The highest BCUT2D eigenvalue weighted by atomic mass is 32.2. The Bertz CT molecular complexity index is 1100. The number of hydrogen-bond acceptors (Lipinski definition) is 4. The van der Waals surface area contributed by atoms with E-state index in [0.717, 1.165) is 69.8 Å². The first kappa shape index (κ1) is 22.7. The zero-order valence-electron chi connectivity index (χ0n) is 17.8. The number of rotatable bonds is 5. The maximum absolute atomic E-state index is 14.1. The average Bonchev–Trinajstić information content (AvgIpc) is 2.82. The molecule has 1 N–H and O–H groups in total. The fourth-order valence-corrected chi connectivity index (χ4v) is 5.85. The fourth-order valence-electron chi connectivity index (χ4n) is 4.31. The first-order chi connectivity index (χ1) is 15.4. The third-order valence-corrected chi connectivity index (χ3v) is 7.93. The number of carbonyl (C=O) groups is 1. The number of carbonyl (C=O) groups excluding carboxylic acids is 1. The van der Waals surface area contributed by atoms with E-state index in [1.165, 1.54) is 16.4 Å². The quantitative estimate of drug-likeness (QED) is 0.715. The van der Waals surface area contributed by atoms with Crippen molar-refractivity contribution in [3.8, 4) is 0 Å². The molecule has 0 bridgehead atoms. The van der Waals surface area contributed by atoms with Gasteiger partial charge in [0, 0.05) is 37.9 Å². The van der Waals surface area contributed by atoms with Crippen LogP contribution in [0.15, 0.2) is 41.3 Å². The number of sulfonamides is 1. The van der Waals surface area contributed by atoms with Crippen LogP contribution in [-0.4, -0.2) is 44.8 Å². The molecular formula is C23H27F2N3O3S. The molecule has 6 nitrogen and oxygen atoms in total. The predicted octanol–water partition coefficient (Wildman–Crippen LogP) is 4.38. The van der Waals surface area contributed by atoms with E-state index in [4.69, 9.17) is 0 Å². The van der Waals surface area contributed by atoms with Crippen molar-refractivity contribution >= 4 is 27.3 Å². The molecule has 1 amide bonds. The van der Waals surface area contributed by atoms with Gasteiger partial charge in [0.05, 0.1) is 16.1 Å². The molecule has 0 saturated carbocycles. The van der Waals surface area contributed by atoms with Crippen LogP contribution in [0.4, 0.5) is 20.2 Å². The Balaban J connectivity index is 1.72. The van der Waals surface area contributed by atoms with Crippen LogP contribution in [0, 0.1) is 11.6 Å². The summed E-state index contributed by atoms with van der Waals surface area (Å²) < 4.78 is 55.5. The number of piperidine rings is 2. The zero-order chi connectivity index (χ0) is 22.7. The van der Waals surface area contributed by atoms with E-state index in [1.807, 2.05) is 4.90 Å². The summed E-state index contributed by atoms with van der Waals surface area (Å²) in [6.07, 6.45) is 5.62. The molecule has 0 radical (unpaired) electrons. The molecule has 4 rings (SSSR count). The van der Waals surface area contributed by atoms with Gasteiger partial charge < -0.3 is 10.2 Å². The van der Waals surface area contributed by atoms with Crippen molar-refractivity contribution in [3.05, 3.63) is 53.6 Å². The van der Waals surface area contributed by atoms with Gasteiger partial charge in [-0.05, 0) is 62.4 Å². The molecule has 0 unspecified atom stereocenters. The lowest BCUT2D eigenvalue weighted by molar-refractivity contribution is 0.102. The largest absolute Gasteiger partial charge is 0.371 e. The lowest BCUT2D eigenvalue weighted by Gasteiger charge is -2.31. The molecule has 2 aliphatic heterocycles. The van der Waals surface area contributed by atoms with Crippen LogP contribution in [0.1, 0.15) is 48.9 Å². The number of benzene rings is 2. The second-order valence-electron chi connectivity index (χ2n) is 8.27. The summed E-state index contributed by atoms with van der Waals surface area (Å²) in [5.74, 6) is -2.12. The van der Waals surface area contributed by atoms with Gasteiger partial charge in [0.1, 0.15) is 11.6 Å². The first-order valence-corrected chi connectivity index (χ1v) is 12.5. The van der Waals surface area contributed by atoms with E-state index >= 15 is 0 Å². The third-order valence-electron chi connectivity index (χ3n) is 6.04. The van der Waals surface area contributed by atoms with Crippen LogP contribution in [-0.2, 0) is 10.0 Å². The molecule has 0 atom stereocenters. The normalized spacial score (nSPS) is 17.9. The van der Waals surface area contributed by atoms with Crippen molar-refractivity contribution in [2.45, 2.75) is 43.4 Å². The van der Waals surface area contributed by atoms with Crippen LogP contribution < -0.4 is 10.2 Å². The summed E-state index contributed by atoms with van der Waals surface area (Å²) >= 11 is 0. The topological polar surface area (TPSA) is 69.7 Å². The Morgan fingerprint density at radius 2 is 1.50 bits per heavy atom. The van der Waals surface area contributed by atoms with Gasteiger partial charge in [-0.3, -0.25) is 4.79 Å². The Kier molecular flexibility index (Phi) is 6.76. The third kappa shape index (κ3) is 4.78. The summed E-state index contributed by atoms with van der Waals surface area (Å²) in [6.45, 7) is 2.39. The van der Waals surface area contributed by atoms with E-state index < -0.39 is 27.6 Å². The highest BCUT2D eigenvalue weighted by molar-refractivity contribution is 7.89. The molecule has 32 heavy (non-hydrogen) atoms. The second-order valence-corrected chi connectivity index (χ2v) is 10.2. The lowest BCUT2D eigenvalue weighted by atomic mass is 10.1. The van der Waals surface area contributed by atoms with Crippen LogP contribution in [0.2, 0.25) is 0 Å². The summed E-state index contributed by atoms with van der Waals surface area (Å²) in [5.41, 5.74) is 0.439. The average molecular weight is 464 g/mol. The molecule has 2 heterocycles. The minimum Gasteiger partial charge on any atom is -0.371 e. The predicted molar refractivity (Wildman–Crippen MR) is 119 cm³/mol. The van der Waals surface area contributed by atoms with Crippen molar-refractivity contribution in [3.63, 3.8) is 0 Å². The maximum atomic E-state index is 14.1. The summed E-state index contributed by atoms with van der Waals surface area (Å²) in [5, 5.41) is 2.42. The lowest BCUT2D eigenvalue weighted by Crippen LogP contribution is -2.36. The molecule has 2 saturated heterocycles. The Morgan fingerprint density at radius 3 is 2.19 bits per heavy atom. The van der Waals surface area contributed by atoms with Gasteiger partial charge in [-0.25, -0.2) is 17.2 Å². The van der Waals surface area contributed by atoms with Crippen LogP contribution in [0.3, 0.4) is 0 Å². The number of nitrogens with one attached hydrogen (secondary N) is 1. The second kappa shape index (κ2) is 9.54. The number of halogens is 2. The number of hydrogen-bond donors (Lipinski definition) is 1. The monoisotopic (exact) mass is 463 g/mol. The molecule has 172 valence electrons. The Hall–Kier alpha value is -2.52. The number of nitrogens with zero attached hydrogens (tertiary/aromatic N) is 2. The summed E-state index contributed by atoms with van der Waals surface area (Å²) in [7, 11) is -3.75. The fraction of sp³-hybridized carbons (Fsp3) is 0.435.